The van der Waals surface area contributed by atoms with E-state index in [1.54, 1.807) is 11.8 Å². The maximum absolute atomic E-state index is 13.7. The lowest BCUT2D eigenvalue weighted by Crippen LogP contribution is -2.50. The van der Waals surface area contributed by atoms with Crippen molar-refractivity contribution in [3.63, 3.8) is 0 Å². The zero-order valence-corrected chi connectivity index (χ0v) is 26.8. The average molecular weight is 691 g/mol. The van der Waals surface area contributed by atoms with Gasteiger partial charge < -0.3 is 9.64 Å². The minimum Gasteiger partial charge on any atom is -0.426 e. The van der Waals surface area contributed by atoms with Gasteiger partial charge in [-0.15, -0.1) is 23.2 Å². The van der Waals surface area contributed by atoms with Gasteiger partial charge in [0.1, 0.15) is 15.5 Å². The number of halogens is 6. The quantitative estimate of drug-likeness (QED) is 0.158. The van der Waals surface area contributed by atoms with Crippen LogP contribution in [0.15, 0.2) is 46.5 Å². The molecule has 2 saturated heterocycles. The van der Waals surface area contributed by atoms with E-state index in [0.29, 0.717) is 5.56 Å². The Hall–Kier alpha value is -2.00. The lowest BCUT2D eigenvalue weighted by molar-refractivity contribution is -0.139. The molecule has 0 aromatic heterocycles. The molecule has 2 bridgehead atoms. The molecular weight excluding hydrogens is 669 g/mol. The number of aryl methyl sites for hydroxylation is 3. The molecule has 2 aromatic carbocycles. The molecule has 42 heavy (non-hydrogen) atoms. The van der Waals surface area contributed by atoms with Crippen molar-refractivity contribution in [2.45, 2.75) is 41.3 Å². The van der Waals surface area contributed by atoms with Gasteiger partial charge in [0.25, 0.3) is 0 Å². The highest BCUT2D eigenvalue weighted by molar-refractivity contribution is 6.67. The van der Waals surface area contributed by atoms with Gasteiger partial charge in [-0.2, -0.15) is 0 Å². The molecule has 0 spiro atoms. The summed E-state index contributed by atoms with van der Waals surface area (Å²) >= 11 is 39.4. The molecule has 2 aliphatic carbocycles. The number of esters is 1. The van der Waals surface area contributed by atoms with Gasteiger partial charge in [-0.3, -0.25) is 19.2 Å². The van der Waals surface area contributed by atoms with E-state index < -0.39 is 49.6 Å². The molecule has 3 fully saturated rings. The van der Waals surface area contributed by atoms with Gasteiger partial charge in [0.05, 0.1) is 33.5 Å². The third-order valence-corrected chi connectivity index (χ3v) is 12.8. The first-order valence-electron chi connectivity index (χ1n) is 13.0. The monoisotopic (exact) mass is 688 g/mol. The predicted molar refractivity (Wildman–Crippen MR) is 163 cm³/mol. The summed E-state index contributed by atoms with van der Waals surface area (Å²) in [6, 6.07) is 10.3. The molecule has 4 aliphatic rings. The molecule has 2 aliphatic heterocycles. The van der Waals surface area contributed by atoms with Crippen molar-refractivity contribution in [1.82, 2.24) is 0 Å². The van der Waals surface area contributed by atoms with Crippen LogP contribution in [0.5, 0.6) is 5.75 Å². The predicted octanol–water partition coefficient (Wildman–Crippen LogP) is 6.52. The molecule has 0 radical (unpaired) electrons. The van der Waals surface area contributed by atoms with Gasteiger partial charge in [-0.1, -0.05) is 52.5 Å². The van der Waals surface area contributed by atoms with Crippen molar-refractivity contribution in [1.29, 1.82) is 0 Å². The molecule has 220 valence electrons. The van der Waals surface area contributed by atoms with Gasteiger partial charge in [0, 0.05) is 18.7 Å². The number of hydrogen-bond donors (Lipinski definition) is 0. The van der Waals surface area contributed by atoms with Crippen LogP contribution in [-0.2, 0) is 19.2 Å². The average Bonchev–Trinajstić information content (AvgIpc) is 3.49. The highest BCUT2D eigenvalue weighted by Crippen LogP contribution is 2.77. The Morgan fingerprint density at radius 2 is 1.40 bits per heavy atom. The first-order chi connectivity index (χ1) is 19.5. The van der Waals surface area contributed by atoms with Gasteiger partial charge in [-0.25, -0.2) is 4.90 Å². The topological polar surface area (TPSA) is 84.0 Å². The van der Waals surface area contributed by atoms with Crippen molar-refractivity contribution in [2.75, 3.05) is 16.3 Å². The van der Waals surface area contributed by atoms with Crippen molar-refractivity contribution in [2.24, 2.45) is 17.8 Å². The molecule has 0 N–H and O–H groups in total. The van der Waals surface area contributed by atoms with E-state index in [9.17, 15) is 19.2 Å². The molecule has 13 heteroatoms. The second-order valence-electron chi connectivity index (χ2n) is 11.2. The number of imide groups is 1. The third kappa shape index (κ3) is 3.80. The highest BCUT2D eigenvalue weighted by Gasteiger charge is 2.87. The third-order valence-electron chi connectivity index (χ3n) is 8.51. The fourth-order valence-electron chi connectivity index (χ4n) is 6.60. The molecule has 2 heterocycles. The Labute approximate surface area is 271 Å². The van der Waals surface area contributed by atoms with E-state index in [-0.39, 0.29) is 40.4 Å². The number of nitrogens with zero attached hydrogens (tertiary/aromatic N) is 2. The van der Waals surface area contributed by atoms with Crippen molar-refractivity contribution in [3.8, 4) is 5.75 Å². The normalized spacial score (nSPS) is 31.5. The molecule has 0 unspecified atom stereocenters. The Bertz CT molecular complexity index is 1590. The number of rotatable bonds is 4. The van der Waals surface area contributed by atoms with Crippen LogP contribution in [0.3, 0.4) is 0 Å². The van der Waals surface area contributed by atoms with Crippen LogP contribution in [-0.4, -0.2) is 44.3 Å². The first kappa shape index (κ1) is 30.0. The van der Waals surface area contributed by atoms with Crippen LogP contribution in [0.2, 0.25) is 0 Å². The van der Waals surface area contributed by atoms with Crippen LogP contribution in [0.1, 0.15) is 23.1 Å². The van der Waals surface area contributed by atoms with Crippen LogP contribution in [0.4, 0.5) is 11.4 Å². The summed E-state index contributed by atoms with van der Waals surface area (Å²) in [4.78, 5) is 51.9. The van der Waals surface area contributed by atoms with Crippen molar-refractivity contribution < 1.29 is 23.9 Å². The molecule has 1 saturated carbocycles. The summed E-state index contributed by atoms with van der Waals surface area (Å²) < 4.78 is 3.59. The Morgan fingerprint density at radius 1 is 0.857 bits per heavy atom. The second-order valence-corrected chi connectivity index (χ2v) is 14.5. The summed E-state index contributed by atoms with van der Waals surface area (Å²) in [6.07, 6.45) is 0.0184. The summed E-state index contributed by atoms with van der Waals surface area (Å²) in [5.74, 6) is -5.08. The number of benzene rings is 2. The number of ether oxygens (including phenoxy) is 1. The zero-order chi connectivity index (χ0) is 30.7. The molecule has 6 rings (SSSR count). The SMILES string of the molecule is Cc1cc(C)cc(N2C[C@H](C(=O)Oc3ccc(N4C(=O)[C@@H]5[C@H](C4=O)[C@@]4(Cl)C(Cl)=C(Cl)[C@@]5(Cl)C4(Cl)Cl)c(C)c3)CC2=O)c1. The maximum atomic E-state index is 13.7. The van der Waals surface area contributed by atoms with E-state index in [1.807, 2.05) is 32.0 Å². The summed E-state index contributed by atoms with van der Waals surface area (Å²) in [6.45, 7) is 5.73. The Morgan fingerprint density at radius 3 is 1.93 bits per heavy atom. The lowest BCUT2D eigenvalue weighted by atomic mass is 9.84. The number of alkyl halides is 4. The van der Waals surface area contributed by atoms with E-state index in [4.69, 9.17) is 74.3 Å². The van der Waals surface area contributed by atoms with E-state index >= 15 is 0 Å². The number of amides is 3. The van der Waals surface area contributed by atoms with Crippen molar-refractivity contribution >= 4 is 105 Å². The number of hydrogen-bond acceptors (Lipinski definition) is 5. The molecule has 3 amide bonds. The van der Waals surface area contributed by atoms with E-state index in [0.717, 1.165) is 21.7 Å². The van der Waals surface area contributed by atoms with Crippen molar-refractivity contribution in [3.05, 3.63) is 63.2 Å². The maximum Gasteiger partial charge on any atom is 0.316 e. The fourth-order valence-corrected chi connectivity index (χ4v) is 9.52. The van der Waals surface area contributed by atoms with E-state index in [2.05, 4.69) is 0 Å². The standard InChI is InChI=1S/C29H22Cl6N2O5/c1-12-6-13(2)8-16(7-12)36-11-15(10-19(36)38)26(41)42-17-4-5-18(14(3)9-17)37-24(39)20-21(25(37)40)28(33)23(31)22(30)27(20,32)29(28,34)35/h4-9,15,20-21H,10-11H2,1-3H3/t15-,20-,21+,27-,28-/m1/s1. The van der Waals surface area contributed by atoms with Gasteiger partial charge in [-0.05, 0) is 67.8 Å². The number of allylic oxidation sites excluding steroid dienone is 2. The minimum atomic E-state index is -2.02. The number of fused-ring (bicyclic) bond motifs is 5. The van der Waals surface area contributed by atoms with Crippen LogP contribution >= 0.6 is 69.6 Å². The van der Waals surface area contributed by atoms with E-state index in [1.165, 1.54) is 18.2 Å². The van der Waals surface area contributed by atoms with Gasteiger partial charge in [0.2, 0.25) is 17.7 Å². The summed E-state index contributed by atoms with van der Waals surface area (Å²) in [5, 5.41) is -0.342. The van der Waals surface area contributed by atoms with Crippen LogP contribution in [0.25, 0.3) is 0 Å². The summed E-state index contributed by atoms with van der Waals surface area (Å²) in [5.41, 5.74) is 3.45. The molecule has 2 aromatic rings. The minimum absolute atomic E-state index is 0.0184. The Balaban J connectivity index is 1.21. The summed E-state index contributed by atoms with van der Waals surface area (Å²) in [7, 11) is 0. The largest absolute Gasteiger partial charge is 0.426 e. The van der Waals surface area contributed by atoms with Gasteiger partial charge >= 0.3 is 5.97 Å². The Kier molecular flexibility index (Phi) is 6.97. The zero-order valence-electron chi connectivity index (χ0n) is 22.3. The second kappa shape index (κ2) is 9.75. The molecule has 7 nitrogen and oxygen atoms in total. The molecular formula is C29H22Cl6N2O5. The molecule has 5 atom stereocenters. The van der Waals surface area contributed by atoms with Crippen LogP contribution in [0, 0.1) is 38.5 Å². The van der Waals surface area contributed by atoms with Gasteiger partial charge in [0.15, 0.2) is 4.33 Å². The smallest absolute Gasteiger partial charge is 0.316 e. The highest BCUT2D eigenvalue weighted by atomic mass is 35.5. The fraction of sp³-hybridized carbons (Fsp3) is 0.379. The van der Waals surface area contributed by atoms with Crippen LogP contribution < -0.4 is 14.5 Å². The number of carbonyl (C=O) groups is 4. The lowest BCUT2D eigenvalue weighted by Gasteiger charge is -2.34. The number of carbonyl (C=O) groups excluding carboxylic acids is 4. The first-order valence-corrected chi connectivity index (χ1v) is 15.2. The number of anilines is 2.